The summed E-state index contributed by atoms with van der Waals surface area (Å²) >= 11 is 0. The molecule has 4 nitrogen and oxygen atoms in total. The Kier molecular flexibility index (Phi) is 5.21. The van der Waals surface area contributed by atoms with Gasteiger partial charge in [0.2, 0.25) is 5.76 Å². The normalized spacial score (nSPS) is 24.6. The second kappa shape index (κ2) is 7.53. The minimum absolute atomic E-state index is 0.0294. The smallest absolute Gasteiger partial charge is 0.377 e. The third-order valence-electron chi connectivity index (χ3n) is 4.46. The largest absolute Gasteiger partial charge is 0.487 e. The molecule has 0 spiro atoms. The van der Waals surface area contributed by atoms with Crippen molar-refractivity contribution in [2.45, 2.75) is 64.3 Å². The van der Waals surface area contributed by atoms with Crippen LogP contribution in [0.15, 0.2) is 41.9 Å². The lowest BCUT2D eigenvalue weighted by atomic mass is 9.95. The summed E-state index contributed by atoms with van der Waals surface area (Å²) < 4.78 is 17.3. The first kappa shape index (κ1) is 15.9. The van der Waals surface area contributed by atoms with E-state index in [0.717, 1.165) is 31.2 Å². The zero-order chi connectivity index (χ0) is 16.1. The number of allylic oxidation sites excluding steroid dienone is 1. The number of hydrogen-bond donors (Lipinski definition) is 0. The molecule has 2 aliphatic rings. The molecule has 3 rings (SSSR count). The summed E-state index contributed by atoms with van der Waals surface area (Å²) in [6.45, 7) is 2.03. The number of hydrogen-bond acceptors (Lipinski definition) is 4. The van der Waals surface area contributed by atoms with Crippen LogP contribution in [-0.2, 0) is 25.6 Å². The number of carbonyl (C=O) groups is 1. The van der Waals surface area contributed by atoms with Crippen LogP contribution in [0.25, 0.3) is 0 Å². The highest BCUT2D eigenvalue weighted by Crippen LogP contribution is 2.31. The van der Waals surface area contributed by atoms with Gasteiger partial charge in [0.05, 0.1) is 0 Å². The van der Waals surface area contributed by atoms with Gasteiger partial charge in [-0.15, -0.1) is 0 Å². The first-order valence-electron chi connectivity index (χ1n) is 8.49. The molecule has 0 unspecified atom stereocenters. The van der Waals surface area contributed by atoms with Gasteiger partial charge in [0, 0.05) is 0 Å². The van der Waals surface area contributed by atoms with E-state index in [1.165, 1.54) is 12.8 Å². The van der Waals surface area contributed by atoms with Crippen molar-refractivity contribution in [1.29, 1.82) is 0 Å². The fraction of sp³-hybridized carbons (Fsp3) is 0.526. The number of benzene rings is 1. The Morgan fingerprint density at radius 3 is 2.39 bits per heavy atom. The summed E-state index contributed by atoms with van der Waals surface area (Å²) in [7, 11) is 0. The van der Waals surface area contributed by atoms with Gasteiger partial charge in [0.15, 0.2) is 0 Å². The van der Waals surface area contributed by atoms with Crippen molar-refractivity contribution in [3.8, 4) is 0 Å². The van der Waals surface area contributed by atoms with Gasteiger partial charge < -0.3 is 14.2 Å². The molecule has 1 aliphatic carbocycles. The SMILES string of the molecule is CC1=C(C(=O)OCc2ccccc2)O[C@H]2CCCCCC[C@H]2O1. The molecule has 0 aromatic heterocycles. The lowest BCUT2D eigenvalue weighted by molar-refractivity contribution is -0.152. The molecule has 1 aliphatic heterocycles. The average Bonchev–Trinajstić information content (AvgIpc) is 2.55. The molecule has 1 aromatic rings. The van der Waals surface area contributed by atoms with Crippen LogP contribution in [0.4, 0.5) is 0 Å². The molecule has 1 aromatic carbocycles. The third-order valence-corrected chi connectivity index (χ3v) is 4.46. The summed E-state index contributed by atoms with van der Waals surface area (Å²) in [5.41, 5.74) is 0.958. The zero-order valence-electron chi connectivity index (χ0n) is 13.6. The molecule has 1 fully saturated rings. The molecule has 0 radical (unpaired) electrons. The minimum Gasteiger partial charge on any atom is -0.487 e. The lowest BCUT2D eigenvalue weighted by Crippen LogP contribution is -2.38. The quantitative estimate of drug-likeness (QED) is 0.788. The van der Waals surface area contributed by atoms with Gasteiger partial charge in [-0.05, 0) is 38.2 Å². The minimum atomic E-state index is -0.438. The van der Waals surface area contributed by atoms with Gasteiger partial charge in [0.25, 0.3) is 0 Å². The standard InChI is InChI=1S/C19H24O4/c1-14-18(19(20)21-13-15-9-5-4-6-10-15)23-17-12-8-3-2-7-11-16(17)22-14/h4-6,9-10,16-17H,2-3,7-8,11-13H2,1H3/t16-,17+/m1/s1. The van der Waals surface area contributed by atoms with Crippen molar-refractivity contribution in [2.24, 2.45) is 0 Å². The molecule has 2 atom stereocenters. The second-order valence-corrected chi connectivity index (χ2v) is 6.25. The van der Waals surface area contributed by atoms with Gasteiger partial charge in [-0.3, -0.25) is 0 Å². The molecule has 4 heteroatoms. The third kappa shape index (κ3) is 4.06. The first-order chi connectivity index (χ1) is 11.2. The highest BCUT2D eigenvalue weighted by Gasteiger charge is 2.35. The van der Waals surface area contributed by atoms with Crippen LogP contribution in [0.1, 0.15) is 51.0 Å². The van der Waals surface area contributed by atoms with Crippen molar-refractivity contribution >= 4 is 5.97 Å². The van der Waals surface area contributed by atoms with Crippen LogP contribution in [0.3, 0.4) is 0 Å². The van der Waals surface area contributed by atoms with E-state index in [1.807, 2.05) is 30.3 Å². The Morgan fingerprint density at radius 1 is 1.04 bits per heavy atom. The van der Waals surface area contributed by atoms with Crippen LogP contribution >= 0.6 is 0 Å². The Bertz CT molecular complexity index is 564. The topological polar surface area (TPSA) is 44.8 Å². The van der Waals surface area contributed by atoms with Gasteiger partial charge in [-0.25, -0.2) is 4.79 Å². The summed E-state index contributed by atoms with van der Waals surface area (Å²) in [6, 6.07) is 9.64. The fourth-order valence-electron chi connectivity index (χ4n) is 3.18. The van der Waals surface area contributed by atoms with E-state index >= 15 is 0 Å². The Morgan fingerprint density at radius 2 is 1.70 bits per heavy atom. The summed E-state index contributed by atoms with van der Waals surface area (Å²) in [6.07, 6.45) is 6.73. The fourth-order valence-corrected chi connectivity index (χ4v) is 3.18. The van der Waals surface area contributed by atoms with Gasteiger partial charge >= 0.3 is 5.97 Å². The Balaban J connectivity index is 1.63. The van der Waals surface area contributed by atoms with Gasteiger partial charge in [-0.2, -0.15) is 0 Å². The maximum Gasteiger partial charge on any atom is 0.377 e. The van der Waals surface area contributed by atoms with Crippen molar-refractivity contribution in [3.63, 3.8) is 0 Å². The van der Waals surface area contributed by atoms with Gasteiger partial charge in [0.1, 0.15) is 24.6 Å². The maximum atomic E-state index is 12.3. The number of carbonyl (C=O) groups excluding carboxylic acids is 1. The molecule has 23 heavy (non-hydrogen) atoms. The molecular weight excluding hydrogens is 292 g/mol. The van der Waals surface area contributed by atoms with Crippen LogP contribution in [0, 0.1) is 0 Å². The molecule has 1 saturated carbocycles. The van der Waals surface area contributed by atoms with Crippen LogP contribution in [0.5, 0.6) is 0 Å². The van der Waals surface area contributed by atoms with E-state index in [1.54, 1.807) is 6.92 Å². The van der Waals surface area contributed by atoms with Crippen LogP contribution < -0.4 is 0 Å². The molecule has 0 bridgehead atoms. The molecule has 0 amide bonds. The Hall–Kier alpha value is -1.97. The predicted octanol–water partition coefficient (Wildman–Crippen LogP) is 4.10. The molecule has 124 valence electrons. The van der Waals surface area contributed by atoms with Crippen molar-refractivity contribution < 1.29 is 19.0 Å². The predicted molar refractivity (Wildman–Crippen MR) is 86.4 cm³/mol. The molecule has 0 saturated heterocycles. The molecule has 1 heterocycles. The van der Waals surface area contributed by atoms with Crippen LogP contribution in [-0.4, -0.2) is 18.2 Å². The van der Waals surface area contributed by atoms with Crippen molar-refractivity contribution in [3.05, 3.63) is 47.4 Å². The average molecular weight is 316 g/mol. The summed E-state index contributed by atoms with van der Waals surface area (Å²) in [4.78, 5) is 12.3. The van der Waals surface area contributed by atoms with Gasteiger partial charge in [-0.1, -0.05) is 43.2 Å². The zero-order valence-corrected chi connectivity index (χ0v) is 13.6. The number of esters is 1. The van der Waals surface area contributed by atoms with E-state index in [2.05, 4.69) is 0 Å². The summed E-state index contributed by atoms with van der Waals surface area (Å²) in [5, 5.41) is 0. The molecular formula is C19H24O4. The number of rotatable bonds is 3. The van der Waals surface area contributed by atoms with E-state index in [4.69, 9.17) is 14.2 Å². The number of fused-ring (bicyclic) bond motifs is 1. The second-order valence-electron chi connectivity index (χ2n) is 6.25. The van der Waals surface area contributed by atoms with E-state index in [9.17, 15) is 4.79 Å². The molecule has 0 N–H and O–H groups in total. The van der Waals surface area contributed by atoms with E-state index in [-0.39, 0.29) is 24.6 Å². The Labute approximate surface area is 137 Å². The first-order valence-corrected chi connectivity index (χ1v) is 8.49. The van der Waals surface area contributed by atoms with Crippen molar-refractivity contribution in [2.75, 3.05) is 0 Å². The highest BCUT2D eigenvalue weighted by atomic mass is 16.6. The van der Waals surface area contributed by atoms with Crippen molar-refractivity contribution in [1.82, 2.24) is 0 Å². The summed E-state index contributed by atoms with van der Waals surface area (Å²) in [5.74, 6) is 0.347. The van der Waals surface area contributed by atoms with E-state index in [0.29, 0.717) is 5.76 Å². The lowest BCUT2D eigenvalue weighted by Gasteiger charge is -2.35. The highest BCUT2D eigenvalue weighted by molar-refractivity contribution is 5.86. The van der Waals surface area contributed by atoms with E-state index < -0.39 is 5.97 Å². The van der Waals surface area contributed by atoms with Crippen LogP contribution in [0.2, 0.25) is 0 Å². The maximum absolute atomic E-state index is 12.3. The number of ether oxygens (including phenoxy) is 3. The monoisotopic (exact) mass is 316 g/mol.